The number of aromatic amines is 1. The number of imidazole rings is 1. The summed E-state index contributed by atoms with van der Waals surface area (Å²) in [6.45, 7) is 5.98. The van der Waals surface area contributed by atoms with Crippen LogP contribution in [0.4, 0.5) is 0 Å². The van der Waals surface area contributed by atoms with Gasteiger partial charge in [0.1, 0.15) is 5.69 Å². The Hall–Kier alpha value is -2.18. The van der Waals surface area contributed by atoms with Crippen molar-refractivity contribution in [2.45, 2.75) is 20.4 Å². The quantitative estimate of drug-likeness (QED) is 0.834. The first-order valence-electron chi connectivity index (χ1n) is 5.95. The van der Waals surface area contributed by atoms with E-state index < -0.39 is 0 Å². The van der Waals surface area contributed by atoms with E-state index in [-0.39, 0.29) is 5.91 Å². The number of fused-ring (bicyclic) bond motifs is 1. The summed E-state index contributed by atoms with van der Waals surface area (Å²) in [5, 5.41) is 8.10. The molecule has 7 nitrogen and oxygen atoms in total. The van der Waals surface area contributed by atoms with Gasteiger partial charge in [-0.1, -0.05) is 0 Å². The fourth-order valence-corrected chi connectivity index (χ4v) is 2.20. The number of aryl methyl sites for hydroxylation is 1. The van der Waals surface area contributed by atoms with E-state index in [1.807, 2.05) is 18.4 Å². The largest absolute Gasteiger partial charge is 0.348 e. The number of amides is 1. The van der Waals surface area contributed by atoms with Crippen molar-refractivity contribution < 1.29 is 4.79 Å². The molecule has 0 atom stereocenters. The van der Waals surface area contributed by atoms with E-state index in [9.17, 15) is 4.79 Å². The number of nitrogens with one attached hydrogen (secondary N) is 1. The Labute approximate surface area is 104 Å². The number of likely N-dealkylation sites (N-methyl/N-ethyl adjacent to an activating group) is 1. The van der Waals surface area contributed by atoms with Gasteiger partial charge in [0.2, 0.25) is 5.82 Å². The molecule has 0 saturated heterocycles. The molecule has 94 valence electrons. The molecule has 3 heterocycles. The number of hydrogen-bond donors (Lipinski definition) is 1. The number of aromatic nitrogens is 5. The standard InChI is InChI=1S/C11H14N6O/c1-3-16-4-5-17-9(8-7(2)12-6-13-8)14-15-10(17)11(16)18/h6H,3-5H2,1-2H3,(H,12,13). The molecule has 0 spiro atoms. The highest BCUT2D eigenvalue weighted by molar-refractivity contribution is 5.92. The zero-order valence-corrected chi connectivity index (χ0v) is 10.3. The van der Waals surface area contributed by atoms with Crippen LogP contribution in [0.1, 0.15) is 23.2 Å². The summed E-state index contributed by atoms with van der Waals surface area (Å²) in [5.74, 6) is 1.00. The summed E-state index contributed by atoms with van der Waals surface area (Å²) in [4.78, 5) is 21.1. The SMILES string of the molecule is CCN1CCn2c(nnc2-c2nc[nH]c2C)C1=O. The van der Waals surface area contributed by atoms with Gasteiger partial charge in [0.25, 0.3) is 5.91 Å². The second kappa shape index (κ2) is 3.94. The number of hydrogen-bond acceptors (Lipinski definition) is 4. The highest BCUT2D eigenvalue weighted by Crippen LogP contribution is 2.21. The van der Waals surface area contributed by atoms with Crippen LogP contribution >= 0.6 is 0 Å². The number of carbonyl (C=O) groups is 1. The lowest BCUT2D eigenvalue weighted by atomic mass is 10.3. The summed E-state index contributed by atoms with van der Waals surface area (Å²) in [6, 6.07) is 0. The van der Waals surface area contributed by atoms with E-state index in [4.69, 9.17) is 0 Å². The number of nitrogens with zero attached hydrogens (tertiary/aromatic N) is 5. The van der Waals surface area contributed by atoms with Crippen LogP contribution in [0.5, 0.6) is 0 Å². The van der Waals surface area contributed by atoms with Crippen molar-refractivity contribution in [3.8, 4) is 11.5 Å². The Morgan fingerprint density at radius 3 is 2.78 bits per heavy atom. The van der Waals surface area contributed by atoms with E-state index in [1.165, 1.54) is 0 Å². The van der Waals surface area contributed by atoms with Gasteiger partial charge in [0, 0.05) is 25.3 Å². The van der Waals surface area contributed by atoms with Crippen LogP contribution in [0.2, 0.25) is 0 Å². The van der Waals surface area contributed by atoms with Crippen molar-refractivity contribution in [3.63, 3.8) is 0 Å². The van der Waals surface area contributed by atoms with Crippen LogP contribution in [-0.4, -0.2) is 48.6 Å². The fourth-order valence-electron chi connectivity index (χ4n) is 2.20. The summed E-state index contributed by atoms with van der Waals surface area (Å²) in [7, 11) is 0. The lowest BCUT2D eigenvalue weighted by Gasteiger charge is -2.26. The molecule has 3 rings (SSSR count). The molecule has 1 aliphatic rings. The number of carbonyl (C=O) groups excluding carboxylic acids is 1. The molecule has 2 aromatic rings. The maximum atomic E-state index is 12.1. The molecule has 18 heavy (non-hydrogen) atoms. The predicted octanol–water partition coefficient (Wildman–Crippen LogP) is 0.452. The van der Waals surface area contributed by atoms with Crippen molar-refractivity contribution in [1.82, 2.24) is 29.6 Å². The molecule has 0 fully saturated rings. The number of H-pyrrole nitrogens is 1. The second-order valence-electron chi connectivity index (χ2n) is 4.26. The van der Waals surface area contributed by atoms with Gasteiger partial charge in [-0.3, -0.25) is 9.36 Å². The fraction of sp³-hybridized carbons (Fsp3) is 0.455. The lowest BCUT2D eigenvalue weighted by Crippen LogP contribution is -2.40. The highest BCUT2D eigenvalue weighted by atomic mass is 16.2. The average molecular weight is 246 g/mol. The molecule has 1 amide bonds. The Balaban J connectivity index is 2.07. The van der Waals surface area contributed by atoms with E-state index >= 15 is 0 Å². The maximum absolute atomic E-state index is 12.1. The van der Waals surface area contributed by atoms with Crippen LogP contribution in [0, 0.1) is 6.92 Å². The molecule has 1 N–H and O–H groups in total. The van der Waals surface area contributed by atoms with Gasteiger partial charge in [0.15, 0.2) is 5.82 Å². The molecule has 0 radical (unpaired) electrons. The molecule has 1 aliphatic heterocycles. The van der Waals surface area contributed by atoms with Crippen molar-refractivity contribution in [2.24, 2.45) is 0 Å². The van der Waals surface area contributed by atoms with Crippen molar-refractivity contribution in [3.05, 3.63) is 17.8 Å². The van der Waals surface area contributed by atoms with Gasteiger partial charge in [-0.25, -0.2) is 4.98 Å². The predicted molar refractivity (Wildman–Crippen MR) is 63.9 cm³/mol. The van der Waals surface area contributed by atoms with Gasteiger partial charge in [-0.05, 0) is 13.8 Å². The molecule has 7 heteroatoms. The maximum Gasteiger partial charge on any atom is 0.291 e. The van der Waals surface area contributed by atoms with E-state index in [1.54, 1.807) is 11.2 Å². The molecular formula is C11H14N6O. The van der Waals surface area contributed by atoms with Crippen LogP contribution < -0.4 is 0 Å². The molecule has 2 aromatic heterocycles. The zero-order chi connectivity index (χ0) is 12.7. The van der Waals surface area contributed by atoms with Crippen molar-refractivity contribution >= 4 is 5.91 Å². The normalized spacial score (nSPS) is 15.0. The van der Waals surface area contributed by atoms with Gasteiger partial charge < -0.3 is 9.88 Å². The van der Waals surface area contributed by atoms with E-state index in [0.29, 0.717) is 31.3 Å². The van der Waals surface area contributed by atoms with Gasteiger partial charge in [-0.15, -0.1) is 10.2 Å². The van der Waals surface area contributed by atoms with Crippen LogP contribution in [0.25, 0.3) is 11.5 Å². The Morgan fingerprint density at radius 1 is 1.33 bits per heavy atom. The summed E-state index contributed by atoms with van der Waals surface area (Å²) in [6.07, 6.45) is 1.62. The van der Waals surface area contributed by atoms with Gasteiger partial charge in [0.05, 0.1) is 6.33 Å². The first-order chi connectivity index (χ1) is 8.72. The first-order valence-corrected chi connectivity index (χ1v) is 5.95. The smallest absolute Gasteiger partial charge is 0.291 e. The summed E-state index contributed by atoms with van der Waals surface area (Å²) >= 11 is 0. The minimum Gasteiger partial charge on any atom is -0.348 e. The second-order valence-corrected chi connectivity index (χ2v) is 4.26. The van der Waals surface area contributed by atoms with E-state index in [2.05, 4.69) is 20.2 Å². The third kappa shape index (κ3) is 1.43. The lowest BCUT2D eigenvalue weighted by molar-refractivity contribution is 0.0707. The van der Waals surface area contributed by atoms with Gasteiger partial charge >= 0.3 is 0 Å². The molecular weight excluding hydrogens is 232 g/mol. The number of rotatable bonds is 2. The monoisotopic (exact) mass is 246 g/mol. The summed E-state index contributed by atoms with van der Waals surface area (Å²) < 4.78 is 1.84. The molecule has 0 aromatic carbocycles. The van der Waals surface area contributed by atoms with Crippen molar-refractivity contribution in [1.29, 1.82) is 0 Å². The minimum absolute atomic E-state index is 0.0595. The average Bonchev–Trinajstić information content (AvgIpc) is 2.96. The van der Waals surface area contributed by atoms with Crippen LogP contribution in [0.3, 0.4) is 0 Å². The first kappa shape index (κ1) is 10.9. The Kier molecular flexibility index (Phi) is 2.39. The van der Waals surface area contributed by atoms with Gasteiger partial charge in [-0.2, -0.15) is 0 Å². The Morgan fingerprint density at radius 2 is 2.11 bits per heavy atom. The third-order valence-electron chi connectivity index (χ3n) is 3.25. The van der Waals surface area contributed by atoms with Crippen LogP contribution in [-0.2, 0) is 6.54 Å². The van der Waals surface area contributed by atoms with Crippen molar-refractivity contribution in [2.75, 3.05) is 13.1 Å². The molecule has 0 unspecified atom stereocenters. The summed E-state index contributed by atoms with van der Waals surface area (Å²) in [5.41, 5.74) is 1.68. The van der Waals surface area contributed by atoms with E-state index in [0.717, 1.165) is 11.4 Å². The molecule has 0 bridgehead atoms. The third-order valence-corrected chi connectivity index (χ3v) is 3.25. The van der Waals surface area contributed by atoms with Crippen LogP contribution in [0.15, 0.2) is 6.33 Å². The topological polar surface area (TPSA) is 79.7 Å². The highest BCUT2D eigenvalue weighted by Gasteiger charge is 2.29. The molecule has 0 aliphatic carbocycles. The minimum atomic E-state index is -0.0595. The zero-order valence-electron chi connectivity index (χ0n) is 10.3. The Bertz CT molecular complexity index is 598. The molecule has 0 saturated carbocycles.